The fourth-order valence-electron chi connectivity index (χ4n) is 3.34. The van der Waals surface area contributed by atoms with Gasteiger partial charge in [-0.1, -0.05) is 53.7 Å². The van der Waals surface area contributed by atoms with E-state index in [0.717, 1.165) is 17.8 Å². The smallest absolute Gasteiger partial charge is 0.378 e. The number of halogens is 4. The van der Waals surface area contributed by atoms with Crippen LogP contribution in [0.2, 0.25) is 5.02 Å². The summed E-state index contributed by atoms with van der Waals surface area (Å²) >= 11 is 7.21. The second kappa shape index (κ2) is 11.0. The van der Waals surface area contributed by atoms with Crippen LogP contribution in [-0.4, -0.2) is 25.9 Å². The van der Waals surface area contributed by atoms with E-state index in [0.29, 0.717) is 27.4 Å². The highest BCUT2D eigenvalue weighted by atomic mass is 35.5. The number of aromatic nitrogens is 3. The van der Waals surface area contributed by atoms with Crippen LogP contribution in [0, 0.1) is 0 Å². The van der Waals surface area contributed by atoms with E-state index in [2.05, 4.69) is 20.8 Å². The van der Waals surface area contributed by atoms with Gasteiger partial charge in [-0.15, -0.1) is 10.2 Å². The Morgan fingerprint density at radius 3 is 2.44 bits per heavy atom. The van der Waals surface area contributed by atoms with Crippen LogP contribution in [0.3, 0.4) is 0 Å². The Morgan fingerprint density at radius 2 is 1.72 bits per heavy atom. The lowest BCUT2D eigenvalue weighted by Gasteiger charge is -2.15. The molecule has 0 aliphatic carbocycles. The summed E-state index contributed by atoms with van der Waals surface area (Å²) in [6, 6.07) is 21.1. The number of rotatable bonds is 8. The number of hydrogen-bond acceptors (Lipinski definition) is 5. The van der Waals surface area contributed by atoms with Gasteiger partial charge in [-0.2, -0.15) is 13.2 Å². The molecule has 0 bridgehead atoms. The van der Waals surface area contributed by atoms with Crippen LogP contribution >= 0.6 is 23.4 Å². The van der Waals surface area contributed by atoms with E-state index in [1.54, 1.807) is 41.8 Å². The van der Waals surface area contributed by atoms with Gasteiger partial charge in [0.2, 0.25) is 5.91 Å². The summed E-state index contributed by atoms with van der Waals surface area (Å²) < 4.78 is 41.0. The summed E-state index contributed by atoms with van der Waals surface area (Å²) in [4.78, 5) is 12.8. The van der Waals surface area contributed by atoms with Crippen LogP contribution in [0.25, 0.3) is 5.69 Å². The zero-order chi connectivity index (χ0) is 25.7. The van der Waals surface area contributed by atoms with Crippen molar-refractivity contribution in [2.75, 3.05) is 10.6 Å². The van der Waals surface area contributed by atoms with Gasteiger partial charge in [0.05, 0.1) is 17.4 Å². The van der Waals surface area contributed by atoms with Crippen molar-refractivity contribution in [1.82, 2.24) is 14.8 Å². The Morgan fingerprint density at radius 1 is 1.00 bits per heavy atom. The number of carbonyl (C=O) groups is 1. The minimum atomic E-state index is -4.44. The summed E-state index contributed by atoms with van der Waals surface area (Å²) in [7, 11) is 0. The number of thioether (sulfide) groups is 1. The Kier molecular flexibility index (Phi) is 7.85. The number of anilines is 2. The number of amides is 1. The molecule has 0 aliphatic rings. The minimum Gasteiger partial charge on any atom is -0.378 e. The van der Waals surface area contributed by atoms with Crippen LogP contribution < -0.4 is 10.6 Å². The average Bonchev–Trinajstić information content (AvgIpc) is 3.25. The van der Waals surface area contributed by atoms with Gasteiger partial charge in [0.15, 0.2) is 11.0 Å². The molecule has 2 N–H and O–H groups in total. The summed E-state index contributed by atoms with van der Waals surface area (Å²) in [5.74, 6) is 0.233. The van der Waals surface area contributed by atoms with Crippen molar-refractivity contribution in [3.05, 3.63) is 95.3 Å². The Balaban J connectivity index is 1.54. The minimum absolute atomic E-state index is 0.118. The molecule has 0 saturated heterocycles. The first-order valence-electron chi connectivity index (χ1n) is 10.8. The predicted octanol–water partition coefficient (Wildman–Crippen LogP) is 6.67. The van der Waals surface area contributed by atoms with Crippen LogP contribution in [-0.2, 0) is 17.5 Å². The van der Waals surface area contributed by atoms with E-state index in [-0.39, 0.29) is 12.5 Å². The fraction of sp³-hybridized carbons (Fsp3) is 0.160. The molecule has 36 heavy (non-hydrogen) atoms. The molecule has 1 atom stereocenters. The van der Waals surface area contributed by atoms with Crippen molar-refractivity contribution < 1.29 is 18.0 Å². The second-order valence-electron chi connectivity index (χ2n) is 7.76. The highest BCUT2D eigenvalue weighted by Gasteiger charge is 2.30. The van der Waals surface area contributed by atoms with Gasteiger partial charge in [0, 0.05) is 22.1 Å². The molecule has 186 valence electrons. The molecule has 1 aromatic heterocycles. The van der Waals surface area contributed by atoms with Gasteiger partial charge in [-0.25, -0.2) is 0 Å². The molecule has 11 heteroatoms. The number of benzene rings is 3. The van der Waals surface area contributed by atoms with Gasteiger partial charge in [-0.05, 0) is 55.5 Å². The topological polar surface area (TPSA) is 71.8 Å². The third-order valence-corrected chi connectivity index (χ3v) is 6.38. The first kappa shape index (κ1) is 25.6. The molecule has 0 fully saturated rings. The van der Waals surface area contributed by atoms with Crippen molar-refractivity contribution in [3.8, 4) is 5.69 Å². The third-order valence-electron chi connectivity index (χ3n) is 5.10. The largest absolute Gasteiger partial charge is 0.416 e. The normalized spacial score (nSPS) is 12.2. The number of para-hydroxylation sites is 1. The lowest BCUT2D eigenvalue weighted by atomic mass is 10.2. The van der Waals surface area contributed by atoms with Crippen molar-refractivity contribution in [2.45, 2.75) is 30.1 Å². The highest BCUT2D eigenvalue weighted by Crippen LogP contribution is 2.31. The molecule has 4 aromatic rings. The second-order valence-corrected chi connectivity index (χ2v) is 9.51. The van der Waals surface area contributed by atoms with Crippen molar-refractivity contribution in [2.24, 2.45) is 0 Å². The van der Waals surface area contributed by atoms with Crippen molar-refractivity contribution >= 4 is 40.6 Å². The molecule has 3 aromatic carbocycles. The van der Waals surface area contributed by atoms with Gasteiger partial charge >= 0.3 is 6.18 Å². The molecule has 1 heterocycles. The quantitative estimate of drug-likeness (QED) is 0.248. The monoisotopic (exact) mass is 531 g/mol. The molecule has 1 amide bonds. The third kappa shape index (κ3) is 6.38. The molecule has 1 unspecified atom stereocenters. The first-order valence-corrected chi connectivity index (χ1v) is 12.1. The molecule has 4 rings (SSSR count). The van der Waals surface area contributed by atoms with Gasteiger partial charge in [0.1, 0.15) is 0 Å². The maximum Gasteiger partial charge on any atom is 0.416 e. The molecule has 0 spiro atoms. The number of hydrogen-bond donors (Lipinski definition) is 2. The Hall–Kier alpha value is -3.50. The molecule has 0 aliphatic heterocycles. The number of nitrogens with one attached hydrogen (secondary N) is 2. The van der Waals surface area contributed by atoms with Crippen LogP contribution in [0.1, 0.15) is 18.3 Å². The standard InChI is InChI=1S/C25H21ClF3N5OS/c1-16(23(35)31-20-10-6-8-18(26)14-20)36-24-33-32-22(34(24)21-11-3-2-4-12-21)15-30-19-9-5-7-17(13-19)25(27,28)29/h2-14,16,30H,15H2,1H3,(H,31,35). The average molecular weight is 532 g/mol. The maximum absolute atomic E-state index is 13.1. The predicted molar refractivity (Wildman–Crippen MR) is 136 cm³/mol. The zero-order valence-corrected chi connectivity index (χ0v) is 20.5. The van der Waals surface area contributed by atoms with Crippen molar-refractivity contribution in [1.29, 1.82) is 0 Å². The molecular weight excluding hydrogens is 511 g/mol. The van der Waals surface area contributed by atoms with E-state index in [9.17, 15) is 18.0 Å². The zero-order valence-electron chi connectivity index (χ0n) is 19.0. The molecule has 0 saturated carbocycles. The van der Waals surface area contributed by atoms with Crippen LogP contribution in [0.5, 0.6) is 0 Å². The summed E-state index contributed by atoms with van der Waals surface area (Å²) in [6.07, 6.45) is -4.44. The van der Waals surface area contributed by atoms with E-state index in [1.165, 1.54) is 17.8 Å². The van der Waals surface area contributed by atoms with Crippen molar-refractivity contribution in [3.63, 3.8) is 0 Å². The molecule has 6 nitrogen and oxygen atoms in total. The summed E-state index contributed by atoms with van der Waals surface area (Å²) in [6.45, 7) is 1.86. The summed E-state index contributed by atoms with van der Waals surface area (Å²) in [5.41, 5.74) is 0.896. The lowest BCUT2D eigenvalue weighted by molar-refractivity contribution is -0.137. The maximum atomic E-state index is 13.1. The number of alkyl halides is 3. The SMILES string of the molecule is CC(Sc1nnc(CNc2cccc(C(F)(F)F)c2)n1-c1ccccc1)C(=O)Nc1cccc(Cl)c1. The molecule has 0 radical (unpaired) electrons. The summed E-state index contributed by atoms with van der Waals surface area (Å²) in [5, 5.41) is 14.8. The van der Waals surface area contributed by atoms with Gasteiger partial charge < -0.3 is 10.6 Å². The molecular formula is C25H21ClF3N5OS. The number of carbonyl (C=O) groups excluding carboxylic acids is 1. The van der Waals surface area contributed by atoms with Crippen LogP contribution in [0.4, 0.5) is 24.5 Å². The van der Waals surface area contributed by atoms with Crippen LogP contribution in [0.15, 0.2) is 84.0 Å². The Bertz CT molecular complexity index is 1350. The highest BCUT2D eigenvalue weighted by molar-refractivity contribution is 8.00. The van der Waals surface area contributed by atoms with Gasteiger partial charge in [0.25, 0.3) is 0 Å². The van der Waals surface area contributed by atoms with E-state index < -0.39 is 17.0 Å². The van der Waals surface area contributed by atoms with Gasteiger partial charge in [-0.3, -0.25) is 9.36 Å². The Labute approximate surface area is 214 Å². The van der Waals surface area contributed by atoms with E-state index in [1.807, 2.05) is 30.3 Å². The fourth-order valence-corrected chi connectivity index (χ4v) is 4.41. The van der Waals surface area contributed by atoms with E-state index >= 15 is 0 Å². The van der Waals surface area contributed by atoms with E-state index in [4.69, 9.17) is 11.6 Å². The number of nitrogens with zero attached hydrogens (tertiary/aromatic N) is 3. The lowest BCUT2D eigenvalue weighted by Crippen LogP contribution is -2.23. The first-order chi connectivity index (χ1) is 17.2.